The summed E-state index contributed by atoms with van der Waals surface area (Å²) >= 11 is 0. The first-order chi connectivity index (χ1) is 9.52. The maximum Gasteiger partial charge on any atom is 0.0599 e. The first-order valence-corrected chi connectivity index (χ1v) is 8.37. The number of aliphatic hydroxyl groups is 1. The van der Waals surface area contributed by atoms with Gasteiger partial charge >= 0.3 is 0 Å². The van der Waals surface area contributed by atoms with Crippen molar-refractivity contribution in [1.29, 1.82) is 0 Å². The predicted octanol–water partition coefficient (Wildman–Crippen LogP) is 1.25. The average Bonchev–Trinajstić information content (AvgIpc) is 2.46. The molecular weight excluding hydrogens is 250 g/mol. The summed E-state index contributed by atoms with van der Waals surface area (Å²) in [5.41, 5.74) is 0. The van der Waals surface area contributed by atoms with Crippen molar-refractivity contribution >= 4 is 0 Å². The van der Waals surface area contributed by atoms with Crippen LogP contribution in [0.25, 0.3) is 0 Å². The zero-order chi connectivity index (χ0) is 14.7. The molecule has 1 atom stereocenters. The summed E-state index contributed by atoms with van der Waals surface area (Å²) in [5, 5.41) is 9.66. The lowest BCUT2D eigenvalue weighted by Gasteiger charge is -2.47. The van der Waals surface area contributed by atoms with E-state index in [1.165, 1.54) is 32.5 Å². The smallest absolute Gasteiger partial charge is 0.0599 e. The Morgan fingerprint density at radius 2 is 1.60 bits per heavy atom. The molecule has 118 valence electrons. The van der Waals surface area contributed by atoms with E-state index < -0.39 is 0 Å². The molecule has 0 aromatic heterocycles. The molecule has 0 bridgehead atoms. The van der Waals surface area contributed by atoms with Crippen molar-refractivity contribution in [1.82, 2.24) is 14.7 Å². The number of piperidine rings is 1. The topological polar surface area (TPSA) is 30.0 Å². The number of aliphatic hydroxyl groups excluding tert-OH is 1. The molecule has 0 aromatic carbocycles. The molecule has 0 saturated carbocycles. The van der Waals surface area contributed by atoms with E-state index in [1.54, 1.807) is 0 Å². The normalized spacial score (nSPS) is 28.6. The fraction of sp³-hybridized carbons (Fsp3) is 1.00. The van der Waals surface area contributed by atoms with Gasteiger partial charge in [-0.05, 0) is 53.6 Å². The lowest BCUT2D eigenvalue weighted by molar-refractivity contribution is -0.0108. The molecule has 0 radical (unpaired) electrons. The molecular formula is C16H33N3O. The predicted molar refractivity (Wildman–Crippen MR) is 84.0 cm³/mol. The van der Waals surface area contributed by atoms with Gasteiger partial charge in [0.15, 0.2) is 0 Å². The Balaban J connectivity index is 1.86. The molecule has 4 heteroatoms. The molecule has 20 heavy (non-hydrogen) atoms. The molecule has 2 aliphatic heterocycles. The Hall–Kier alpha value is -0.160. The van der Waals surface area contributed by atoms with Crippen LogP contribution in [0.2, 0.25) is 0 Å². The number of likely N-dealkylation sites (tertiary alicyclic amines) is 1. The van der Waals surface area contributed by atoms with Gasteiger partial charge in [0.05, 0.1) is 6.61 Å². The summed E-state index contributed by atoms with van der Waals surface area (Å²) in [4.78, 5) is 7.68. The monoisotopic (exact) mass is 283 g/mol. The van der Waals surface area contributed by atoms with E-state index in [9.17, 15) is 5.11 Å². The summed E-state index contributed by atoms with van der Waals surface area (Å²) < 4.78 is 0. The molecule has 0 amide bonds. The first kappa shape index (κ1) is 16.2. The van der Waals surface area contributed by atoms with Gasteiger partial charge in [-0.15, -0.1) is 0 Å². The minimum absolute atomic E-state index is 0.291. The van der Waals surface area contributed by atoms with E-state index in [0.29, 0.717) is 24.7 Å². The zero-order valence-electron chi connectivity index (χ0n) is 13.8. The number of piperazine rings is 1. The third-order valence-electron chi connectivity index (χ3n) is 5.18. The second kappa shape index (κ2) is 7.21. The van der Waals surface area contributed by atoms with Gasteiger partial charge in [0.2, 0.25) is 0 Å². The van der Waals surface area contributed by atoms with Crippen molar-refractivity contribution in [2.75, 3.05) is 39.3 Å². The van der Waals surface area contributed by atoms with E-state index in [2.05, 4.69) is 42.4 Å². The summed E-state index contributed by atoms with van der Waals surface area (Å²) in [7, 11) is 0. The van der Waals surface area contributed by atoms with Crippen LogP contribution < -0.4 is 0 Å². The van der Waals surface area contributed by atoms with Crippen LogP contribution in [-0.4, -0.2) is 83.3 Å². The van der Waals surface area contributed by atoms with E-state index in [0.717, 1.165) is 19.1 Å². The molecule has 0 unspecified atom stereocenters. The Labute approximate surface area is 124 Å². The zero-order valence-corrected chi connectivity index (χ0v) is 13.8. The quantitative estimate of drug-likeness (QED) is 0.841. The van der Waals surface area contributed by atoms with Gasteiger partial charge in [0, 0.05) is 43.8 Å². The summed E-state index contributed by atoms with van der Waals surface area (Å²) in [6.07, 6.45) is 2.58. The fourth-order valence-electron chi connectivity index (χ4n) is 3.83. The molecule has 2 heterocycles. The molecule has 1 N–H and O–H groups in total. The highest BCUT2D eigenvalue weighted by atomic mass is 16.3. The standard InChI is InChI=1S/C16H33N3O/c1-13(2)17-7-5-15(6-8-17)18-9-10-19(14(3)4)16(11-18)12-20/h13-16,20H,5-12H2,1-4H3/t16-/m1/s1. The van der Waals surface area contributed by atoms with E-state index >= 15 is 0 Å². The van der Waals surface area contributed by atoms with Crippen molar-refractivity contribution in [3.63, 3.8) is 0 Å². The lowest BCUT2D eigenvalue weighted by Crippen LogP contribution is -2.60. The summed E-state index contributed by atoms with van der Waals surface area (Å²) in [6, 6.07) is 2.27. The molecule has 0 aromatic rings. The minimum atomic E-state index is 0.291. The van der Waals surface area contributed by atoms with E-state index in [4.69, 9.17) is 0 Å². The Morgan fingerprint density at radius 1 is 0.950 bits per heavy atom. The average molecular weight is 283 g/mol. The van der Waals surface area contributed by atoms with Crippen molar-refractivity contribution in [3.05, 3.63) is 0 Å². The summed E-state index contributed by atoms with van der Waals surface area (Å²) in [5.74, 6) is 0. The Kier molecular flexibility index (Phi) is 5.84. The maximum atomic E-state index is 9.66. The van der Waals surface area contributed by atoms with Crippen LogP contribution in [0.4, 0.5) is 0 Å². The second-order valence-electron chi connectivity index (χ2n) is 7.02. The highest BCUT2D eigenvalue weighted by molar-refractivity contribution is 4.89. The second-order valence-corrected chi connectivity index (χ2v) is 7.02. The number of hydrogen-bond acceptors (Lipinski definition) is 4. The van der Waals surface area contributed by atoms with Crippen LogP contribution in [0.1, 0.15) is 40.5 Å². The number of nitrogens with zero attached hydrogens (tertiary/aromatic N) is 3. The first-order valence-electron chi connectivity index (χ1n) is 8.37. The molecule has 0 aliphatic carbocycles. The van der Waals surface area contributed by atoms with E-state index in [-0.39, 0.29) is 0 Å². The third kappa shape index (κ3) is 3.73. The highest BCUT2D eigenvalue weighted by Crippen LogP contribution is 2.22. The maximum absolute atomic E-state index is 9.66. The molecule has 2 fully saturated rings. The molecule has 2 rings (SSSR count). The number of rotatable bonds is 4. The fourth-order valence-corrected chi connectivity index (χ4v) is 3.83. The van der Waals surface area contributed by atoms with Gasteiger partial charge in [-0.25, -0.2) is 0 Å². The largest absolute Gasteiger partial charge is 0.395 e. The Bertz CT molecular complexity index is 287. The molecule has 2 saturated heterocycles. The van der Waals surface area contributed by atoms with Crippen molar-refractivity contribution in [2.45, 2.75) is 64.7 Å². The number of hydrogen-bond donors (Lipinski definition) is 1. The van der Waals surface area contributed by atoms with Crippen LogP contribution in [0.3, 0.4) is 0 Å². The van der Waals surface area contributed by atoms with Gasteiger partial charge in [-0.1, -0.05) is 0 Å². The Morgan fingerprint density at radius 3 is 2.10 bits per heavy atom. The van der Waals surface area contributed by atoms with Crippen LogP contribution in [-0.2, 0) is 0 Å². The molecule has 4 nitrogen and oxygen atoms in total. The lowest BCUT2D eigenvalue weighted by atomic mass is 9.99. The van der Waals surface area contributed by atoms with Crippen molar-refractivity contribution < 1.29 is 5.11 Å². The SMILES string of the molecule is CC(C)N1CCC(N2CCN(C(C)C)[C@@H](CO)C2)CC1. The van der Waals surface area contributed by atoms with Gasteiger partial charge < -0.3 is 10.0 Å². The highest BCUT2D eigenvalue weighted by Gasteiger charge is 2.33. The molecule has 2 aliphatic rings. The van der Waals surface area contributed by atoms with Gasteiger partial charge in [0.25, 0.3) is 0 Å². The van der Waals surface area contributed by atoms with Crippen LogP contribution in [0.5, 0.6) is 0 Å². The van der Waals surface area contributed by atoms with Gasteiger partial charge in [0.1, 0.15) is 0 Å². The van der Waals surface area contributed by atoms with Gasteiger partial charge in [-0.2, -0.15) is 0 Å². The van der Waals surface area contributed by atoms with Gasteiger partial charge in [-0.3, -0.25) is 9.80 Å². The van der Waals surface area contributed by atoms with Crippen LogP contribution >= 0.6 is 0 Å². The summed E-state index contributed by atoms with van der Waals surface area (Å²) in [6.45, 7) is 15.1. The molecule has 0 spiro atoms. The van der Waals surface area contributed by atoms with Crippen LogP contribution in [0.15, 0.2) is 0 Å². The third-order valence-corrected chi connectivity index (χ3v) is 5.18. The van der Waals surface area contributed by atoms with Crippen LogP contribution in [0, 0.1) is 0 Å². The minimum Gasteiger partial charge on any atom is -0.395 e. The van der Waals surface area contributed by atoms with Crippen molar-refractivity contribution in [2.24, 2.45) is 0 Å². The van der Waals surface area contributed by atoms with E-state index in [1.807, 2.05) is 0 Å². The van der Waals surface area contributed by atoms with Crippen molar-refractivity contribution in [3.8, 4) is 0 Å².